The van der Waals surface area contributed by atoms with Crippen molar-refractivity contribution in [3.63, 3.8) is 0 Å². The predicted octanol–water partition coefficient (Wildman–Crippen LogP) is 3.41. The lowest BCUT2D eigenvalue weighted by Crippen LogP contribution is -2.12. The van der Waals surface area contributed by atoms with E-state index in [1.165, 1.54) is 0 Å². The van der Waals surface area contributed by atoms with Crippen molar-refractivity contribution in [1.29, 1.82) is 0 Å². The van der Waals surface area contributed by atoms with Crippen molar-refractivity contribution < 1.29 is 9.13 Å². The third kappa shape index (κ3) is 2.44. The Morgan fingerprint density at radius 3 is 2.38 bits per heavy atom. The fourth-order valence-corrected chi connectivity index (χ4v) is 1.94. The van der Waals surface area contributed by atoms with Gasteiger partial charge in [-0.3, -0.25) is 0 Å². The third-order valence-corrected chi connectivity index (χ3v) is 2.94. The molecule has 3 nitrogen and oxygen atoms in total. The van der Waals surface area contributed by atoms with E-state index in [-0.39, 0.29) is 16.4 Å². The first-order chi connectivity index (χ1) is 7.63. The van der Waals surface area contributed by atoms with Gasteiger partial charge in [-0.1, -0.05) is 23.2 Å². The molecule has 0 aliphatic heterocycles. The molecule has 1 aromatic rings. The van der Waals surface area contributed by atoms with Gasteiger partial charge in [-0.05, 0) is 25.7 Å². The molecule has 16 heavy (non-hydrogen) atoms. The highest BCUT2D eigenvalue weighted by Gasteiger charge is 2.35. The molecule has 1 fully saturated rings. The van der Waals surface area contributed by atoms with Crippen LogP contribution in [0, 0.1) is 11.7 Å². The van der Waals surface area contributed by atoms with Crippen molar-refractivity contribution in [1.82, 2.24) is 9.97 Å². The van der Waals surface area contributed by atoms with Crippen LogP contribution in [0.4, 0.5) is 4.39 Å². The average molecular weight is 265 g/mol. The maximum Gasteiger partial charge on any atom is 0.197 e. The van der Waals surface area contributed by atoms with Crippen LogP contribution >= 0.6 is 23.2 Å². The minimum absolute atomic E-state index is 0.222. The molecular weight excluding hydrogens is 254 g/mol. The third-order valence-electron chi connectivity index (χ3n) is 2.44. The number of halogens is 3. The van der Waals surface area contributed by atoms with Gasteiger partial charge in [-0.25, -0.2) is 14.4 Å². The summed E-state index contributed by atoms with van der Waals surface area (Å²) >= 11 is 11.2. The maximum atomic E-state index is 13.1. The zero-order chi connectivity index (χ0) is 11.7. The molecule has 1 aromatic heterocycles. The Bertz CT molecular complexity index is 375. The van der Waals surface area contributed by atoms with Gasteiger partial charge in [0.1, 0.15) is 6.10 Å². The first-order valence-corrected chi connectivity index (χ1v) is 5.89. The normalized spacial score (nSPS) is 17.5. The number of rotatable bonds is 4. The number of ether oxygens (including phenoxy) is 1. The number of hydrogen-bond donors (Lipinski definition) is 0. The van der Waals surface area contributed by atoms with Crippen molar-refractivity contribution in [2.45, 2.75) is 25.9 Å². The topological polar surface area (TPSA) is 35.0 Å². The first-order valence-electron chi connectivity index (χ1n) is 5.13. The van der Waals surface area contributed by atoms with E-state index in [1.807, 2.05) is 6.92 Å². The van der Waals surface area contributed by atoms with Crippen LogP contribution in [-0.2, 0) is 4.74 Å². The lowest BCUT2D eigenvalue weighted by molar-refractivity contribution is 0.0399. The Morgan fingerprint density at radius 1 is 1.38 bits per heavy atom. The van der Waals surface area contributed by atoms with Crippen LogP contribution in [0.3, 0.4) is 0 Å². The van der Waals surface area contributed by atoms with Crippen LogP contribution in [0.2, 0.25) is 10.3 Å². The number of hydrogen-bond acceptors (Lipinski definition) is 3. The maximum absolute atomic E-state index is 13.1. The smallest absolute Gasteiger partial charge is 0.197 e. The van der Waals surface area contributed by atoms with E-state index < -0.39 is 5.82 Å². The highest BCUT2D eigenvalue weighted by molar-refractivity contribution is 6.33. The predicted molar refractivity (Wildman–Crippen MR) is 59.1 cm³/mol. The minimum atomic E-state index is -0.780. The summed E-state index contributed by atoms with van der Waals surface area (Å²) in [5.74, 6) is -0.00331. The summed E-state index contributed by atoms with van der Waals surface area (Å²) < 4.78 is 18.7. The van der Waals surface area contributed by atoms with Crippen molar-refractivity contribution in [3.05, 3.63) is 21.9 Å². The largest absolute Gasteiger partial charge is 0.370 e. The van der Waals surface area contributed by atoms with Gasteiger partial charge in [0.25, 0.3) is 0 Å². The molecule has 0 aromatic carbocycles. The first kappa shape index (κ1) is 12.0. The molecule has 88 valence electrons. The molecule has 1 saturated carbocycles. The van der Waals surface area contributed by atoms with E-state index in [4.69, 9.17) is 27.9 Å². The van der Waals surface area contributed by atoms with E-state index in [0.717, 1.165) is 12.8 Å². The van der Waals surface area contributed by atoms with Gasteiger partial charge in [-0.15, -0.1) is 0 Å². The van der Waals surface area contributed by atoms with Gasteiger partial charge in [0.05, 0.1) is 0 Å². The highest BCUT2D eigenvalue weighted by atomic mass is 35.5. The van der Waals surface area contributed by atoms with Gasteiger partial charge in [0, 0.05) is 6.61 Å². The number of nitrogens with zero attached hydrogens (tertiary/aromatic N) is 2. The van der Waals surface area contributed by atoms with Crippen LogP contribution in [0.15, 0.2) is 0 Å². The highest BCUT2D eigenvalue weighted by Crippen LogP contribution is 2.42. The molecule has 0 bridgehead atoms. The molecule has 1 aliphatic rings. The summed E-state index contributed by atoms with van der Waals surface area (Å²) in [7, 11) is 0. The van der Waals surface area contributed by atoms with Crippen molar-refractivity contribution in [3.8, 4) is 0 Å². The second kappa shape index (κ2) is 4.82. The standard InChI is InChI=1S/C10H11Cl2FN2O/c1-2-16-7(5-3-4-5)10-14-8(11)6(13)9(12)15-10/h5,7H,2-4H2,1H3. The molecule has 0 amide bonds. The second-order valence-electron chi connectivity index (χ2n) is 3.69. The van der Waals surface area contributed by atoms with Crippen LogP contribution in [0.5, 0.6) is 0 Å². The lowest BCUT2D eigenvalue weighted by atomic mass is 10.2. The van der Waals surface area contributed by atoms with Crippen LogP contribution in [0.25, 0.3) is 0 Å². The zero-order valence-corrected chi connectivity index (χ0v) is 10.2. The molecule has 0 N–H and O–H groups in total. The molecule has 1 unspecified atom stereocenters. The molecule has 2 rings (SSSR count). The van der Waals surface area contributed by atoms with Crippen LogP contribution < -0.4 is 0 Å². The summed E-state index contributed by atoms with van der Waals surface area (Å²) in [5.41, 5.74) is 0. The molecular formula is C10H11Cl2FN2O. The molecule has 1 heterocycles. The summed E-state index contributed by atoms with van der Waals surface area (Å²) in [5, 5.41) is -0.499. The van der Waals surface area contributed by atoms with E-state index in [9.17, 15) is 4.39 Å². The quantitative estimate of drug-likeness (QED) is 0.782. The average Bonchev–Trinajstić information content (AvgIpc) is 3.05. The molecule has 1 atom stereocenters. The molecule has 6 heteroatoms. The second-order valence-corrected chi connectivity index (χ2v) is 4.41. The Morgan fingerprint density at radius 2 is 1.94 bits per heavy atom. The Balaban J connectivity index is 2.30. The van der Waals surface area contributed by atoms with Crippen molar-refractivity contribution >= 4 is 23.2 Å². The van der Waals surface area contributed by atoms with Crippen LogP contribution in [-0.4, -0.2) is 16.6 Å². The molecule has 0 radical (unpaired) electrons. The van der Waals surface area contributed by atoms with E-state index in [1.54, 1.807) is 0 Å². The zero-order valence-electron chi connectivity index (χ0n) is 8.71. The Labute approximate surface area is 103 Å². The van der Waals surface area contributed by atoms with Gasteiger partial charge in [0.15, 0.2) is 21.9 Å². The summed E-state index contributed by atoms with van der Waals surface area (Å²) in [6.07, 6.45) is 1.92. The summed E-state index contributed by atoms with van der Waals surface area (Å²) in [6, 6.07) is 0. The van der Waals surface area contributed by atoms with Crippen LogP contribution in [0.1, 0.15) is 31.7 Å². The Hall–Kier alpha value is -0.450. The van der Waals surface area contributed by atoms with E-state index in [2.05, 4.69) is 9.97 Å². The molecule has 1 aliphatic carbocycles. The lowest BCUT2D eigenvalue weighted by Gasteiger charge is -2.15. The Kier molecular flexibility index (Phi) is 3.62. The fourth-order valence-electron chi connectivity index (χ4n) is 1.54. The molecule has 0 saturated heterocycles. The summed E-state index contributed by atoms with van der Waals surface area (Å²) in [4.78, 5) is 7.77. The van der Waals surface area contributed by atoms with Gasteiger partial charge < -0.3 is 4.74 Å². The molecule has 0 spiro atoms. The van der Waals surface area contributed by atoms with Gasteiger partial charge >= 0.3 is 0 Å². The van der Waals surface area contributed by atoms with Crippen molar-refractivity contribution in [2.75, 3.05) is 6.61 Å². The monoisotopic (exact) mass is 264 g/mol. The van der Waals surface area contributed by atoms with Crippen molar-refractivity contribution in [2.24, 2.45) is 5.92 Å². The van der Waals surface area contributed by atoms with Gasteiger partial charge in [-0.2, -0.15) is 0 Å². The minimum Gasteiger partial charge on any atom is -0.370 e. The number of aromatic nitrogens is 2. The van der Waals surface area contributed by atoms with E-state index in [0.29, 0.717) is 18.3 Å². The summed E-state index contributed by atoms with van der Waals surface area (Å²) in [6.45, 7) is 2.44. The fraction of sp³-hybridized carbons (Fsp3) is 0.600. The van der Waals surface area contributed by atoms with E-state index >= 15 is 0 Å². The van der Waals surface area contributed by atoms with Gasteiger partial charge in [0.2, 0.25) is 0 Å². The SMILES string of the molecule is CCOC(c1nc(Cl)c(F)c(Cl)n1)C1CC1.